The molecule has 5 heteroatoms. The van der Waals surface area contributed by atoms with Crippen molar-refractivity contribution in [2.24, 2.45) is 0 Å². The van der Waals surface area contributed by atoms with Crippen LogP contribution in [0.3, 0.4) is 0 Å². The van der Waals surface area contributed by atoms with E-state index in [9.17, 15) is 9.90 Å². The van der Waals surface area contributed by atoms with Gasteiger partial charge in [0.15, 0.2) is 5.76 Å². The van der Waals surface area contributed by atoms with Crippen LogP contribution in [-0.2, 0) is 12.8 Å². The van der Waals surface area contributed by atoms with Gasteiger partial charge in [0, 0.05) is 17.3 Å². The fourth-order valence-electron chi connectivity index (χ4n) is 2.15. The van der Waals surface area contributed by atoms with Crippen molar-refractivity contribution in [2.75, 3.05) is 0 Å². The number of aromatic carboxylic acids is 1. The molecule has 0 bridgehead atoms. The summed E-state index contributed by atoms with van der Waals surface area (Å²) in [7, 11) is 0. The van der Waals surface area contributed by atoms with Crippen LogP contribution in [0.1, 0.15) is 21.8 Å². The molecule has 0 amide bonds. The van der Waals surface area contributed by atoms with Gasteiger partial charge in [0.05, 0.1) is 0 Å². The van der Waals surface area contributed by atoms with Crippen LogP contribution < -0.4 is 34.7 Å². The summed E-state index contributed by atoms with van der Waals surface area (Å²) in [4.78, 5) is 15.0. The second-order valence-electron chi connectivity index (χ2n) is 4.59. The minimum Gasteiger partial charge on any atom is -0.542 e. The third-order valence-electron chi connectivity index (χ3n) is 3.18. The number of fused-ring (bicyclic) bond motifs is 1. The fraction of sp³-hybridized carbons (Fsp3) is 0.125. The van der Waals surface area contributed by atoms with Crippen LogP contribution in [0.25, 0.3) is 11.0 Å². The zero-order valence-corrected chi connectivity index (χ0v) is 13.7. The molecule has 0 atom stereocenters. The molecule has 2 heterocycles. The molecular formula is C16H12NNaO3. The maximum atomic E-state index is 10.8. The van der Waals surface area contributed by atoms with Gasteiger partial charge in [0.1, 0.15) is 11.6 Å². The molecule has 0 unspecified atom stereocenters. The molecule has 0 saturated carbocycles. The number of nitrogens with zero attached hydrogens (tertiary/aromatic N) is 1. The summed E-state index contributed by atoms with van der Waals surface area (Å²) in [6.45, 7) is 0. The number of hydrogen-bond acceptors (Lipinski definition) is 4. The van der Waals surface area contributed by atoms with Crippen LogP contribution in [0.4, 0.5) is 0 Å². The van der Waals surface area contributed by atoms with Crippen LogP contribution in [0.2, 0.25) is 0 Å². The van der Waals surface area contributed by atoms with Gasteiger partial charge in [-0.05, 0) is 42.7 Å². The Morgan fingerprint density at radius 3 is 2.71 bits per heavy atom. The summed E-state index contributed by atoms with van der Waals surface area (Å²) in [5.41, 5.74) is 2.69. The van der Waals surface area contributed by atoms with Gasteiger partial charge in [-0.2, -0.15) is 0 Å². The minimum atomic E-state index is -1.30. The van der Waals surface area contributed by atoms with Crippen molar-refractivity contribution >= 4 is 16.9 Å². The smallest absolute Gasteiger partial charge is 0.542 e. The molecule has 0 N–H and O–H groups in total. The normalized spacial score (nSPS) is 10.3. The van der Waals surface area contributed by atoms with Crippen molar-refractivity contribution < 1.29 is 43.9 Å². The summed E-state index contributed by atoms with van der Waals surface area (Å²) in [6.07, 6.45) is 3.44. The quantitative estimate of drug-likeness (QED) is 0.577. The third-order valence-corrected chi connectivity index (χ3v) is 3.18. The van der Waals surface area contributed by atoms with E-state index in [1.54, 1.807) is 6.20 Å². The van der Waals surface area contributed by atoms with Crippen molar-refractivity contribution in [3.63, 3.8) is 0 Å². The maximum Gasteiger partial charge on any atom is 1.00 e. The number of carbonyl (C=O) groups is 1. The first-order valence-electron chi connectivity index (χ1n) is 6.36. The van der Waals surface area contributed by atoms with Gasteiger partial charge in [-0.3, -0.25) is 4.98 Å². The van der Waals surface area contributed by atoms with Gasteiger partial charge in [-0.1, -0.05) is 18.2 Å². The molecule has 0 saturated heterocycles. The van der Waals surface area contributed by atoms with Gasteiger partial charge >= 0.3 is 29.6 Å². The molecular weight excluding hydrogens is 277 g/mol. The Labute approximate surface area is 144 Å². The van der Waals surface area contributed by atoms with Crippen molar-refractivity contribution in [1.82, 2.24) is 4.98 Å². The summed E-state index contributed by atoms with van der Waals surface area (Å²) >= 11 is 0. The Morgan fingerprint density at radius 1 is 1.14 bits per heavy atom. The zero-order valence-electron chi connectivity index (χ0n) is 11.7. The standard InChI is InChI=1S/C16H13NO3.Na/c18-16(19)15-10-12-6-4-11(9-14(12)20-15)5-7-13-3-1-2-8-17-13;/h1-4,6,8-10H,5,7H2,(H,18,19);/q;+1/p-1. The monoisotopic (exact) mass is 289 g/mol. The number of furan rings is 1. The third kappa shape index (κ3) is 3.73. The van der Waals surface area contributed by atoms with Crippen LogP contribution in [0.5, 0.6) is 0 Å². The van der Waals surface area contributed by atoms with Gasteiger partial charge in [0.2, 0.25) is 0 Å². The average molecular weight is 289 g/mol. The van der Waals surface area contributed by atoms with Crippen LogP contribution in [0.15, 0.2) is 53.1 Å². The Balaban J connectivity index is 0.00000161. The predicted octanol–water partition coefficient (Wildman–Crippen LogP) is -1.02. The van der Waals surface area contributed by atoms with Crippen molar-refractivity contribution in [3.8, 4) is 0 Å². The predicted molar refractivity (Wildman–Crippen MR) is 72.2 cm³/mol. The number of rotatable bonds is 4. The van der Waals surface area contributed by atoms with Crippen molar-refractivity contribution in [2.45, 2.75) is 12.8 Å². The van der Waals surface area contributed by atoms with E-state index in [0.29, 0.717) is 5.58 Å². The van der Waals surface area contributed by atoms with E-state index in [4.69, 9.17) is 4.42 Å². The SMILES string of the molecule is O=C([O-])c1cc2ccc(CCc3ccccn3)cc2o1.[Na+]. The van der Waals surface area contributed by atoms with E-state index in [2.05, 4.69) is 4.98 Å². The molecule has 0 aliphatic carbocycles. The number of aryl methyl sites for hydroxylation is 2. The number of benzene rings is 1. The van der Waals surface area contributed by atoms with E-state index in [1.807, 2.05) is 36.4 Å². The molecule has 1 aromatic carbocycles. The molecule has 0 aliphatic rings. The number of hydrogen-bond donors (Lipinski definition) is 0. The van der Waals surface area contributed by atoms with Crippen molar-refractivity contribution in [3.05, 3.63) is 65.7 Å². The topological polar surface area (TPSA) is 66.2 Å². The first kappa shape index (κ1) is 15.8. The molecule has 0 aliphatic heterocycles. The Kier molecular flexibility index (Phi) is 5.17. The van der Waals surface area contributed by atoms with E-state index < -0.39 is 5.97 Å². The number of carboxylic acid groups (broad SMARTS) is 1. The Hall–Kier alpha value is -1.62. The van der Waals surface area contributed by atoms with Gasteiger partial charge in [0.25, 0.3) is 0 Å². The van der Waals surface area contributed by atoms with Crippen LogP contribution in [-0.4, -0.2) is 11.0 Å². The van der Waals surface area contributed by atoms with Crippen LogP contribution >= 0.6 is 0 Å². The van der Waals surface area contributed by atoms with E-state index >= 15 is 0 Å². The summed E-state index contributed by atoms with van der Waals surface area (Å²) < 4.78 is 5.24. The largest absolute Gasteiger partial charge is 1.00 e. The van der Waals surface area contributed by atoms with Gasteiger partial charge in [-0.15, -0.1) is 0 Å². The Bertz CT molecular complexity index is 753. The van der Waals surface area contributed by atoms with Crippen LogP contribution in [0, 0.1) is 0 Å². The molecule has 21 heavy (non-hydrogen) atoms. The van der Waals surface area contributed by atoms with E-state index in [0.717, 1.165) is 29.5 Å². The molecule has 100 valence electrons. The molecule has 2 aromatic heterocycles. The van der Waals surface area contributed by atoms with E-state index in [1.165, 1.54) is 6.07 Å². The number of aromatic nitrogens is 1. The number of carbonyl (C=O) groups excluding carboxylic acids is 1. The first-order valence-corrected chi connectivity index (χ1v) is 6.36. The minimum absolute atomic E-state index is 0. The molecule has 0 radical (unpaired) electrons. The maximum absolute atomic E-state index is 10.8. The Morgan fingerprint density at radius 2 is 2.00 bits per heavy atom. The first-order chi connectivity index (χ1) is 9.72. The summed E-state index contributed by atoms with van der Waals surface area (Å²) in [5.74, 6) is -1.43. The number of carboxylic acids is 1. The average Bonchev–Trinajstić information content (AvgIpc) is 2.89. The van der Waals surface area contributed by atoms with Gasteiger partial charge in [-0.25, -0.2) is 0 Å². The zero-order chi connectivity index (χ0) is 13.9. The second kappa shape index (κ2) is 6.89. The molecule has 3 rings (SSSR count). The number of pyridine rings is 1. The van der Waals surface area contributed by atoms with Gasteiger partial charge < -0.3 is 14.3 Å². The molecule has 0 fully saturated rings. The molecule has 4 nitrogen and oxygen atoms in total. The second-order valence-corrected chi connectivity index (χ2v) is 4.59. The molecule has 3 aromatic rings. The van der Waals surface area contributed by atoms with Crippen molar-refractivity contribution in [1.29, 1.82) is 0 Å². The summed E-state index contributed by atoms with van der Waals surface area (Å²) in [5, 5.41) is 11.5. The van der Waals surface area contributed by atoms with E-state index in [-0.39, 0.29) is 35.3 Å². The summed E-state index contributed by atoms with van der Waals surface area (Å²) in [6, 6.07) is 13.0. The molecule has 0 spiro atoms. The fourth-order valence-corrected chi connectivity index (χ4v) is 2.15.